The molecule has 0 radical (unpaired) electrons. The van der Waals surface area contributed by atoms with Gasteiger partial charge in [-0.05, 0) is 45.4 Å². The van der Waals surface area contributed by atoms with Gasteiger partial charge < -0.3 is 9.88 Å². The number of nitrogens with zero attached hydrogens (tertiary/aromatic N) is 1. The Morgan fingerprint density at radius 3 is 2.67 bits per heavy atom. The molecule has 1 unspecified atom stereocenters. The molecule has 1 heterocycles. The quantitative estimate of drug-likeness (QED) is 0.859. The summed E-state index contributed by atoms with van der Waals surface area (Å²) in [5.74, 6) is -0.0181. The van der Waals surface area contributed by atoms with E-state index in [1.165, 1.54) is 0 Å². The Labute approximate surface area is 135 Å². The molecule has 0 saturated heterocycles. The molecule has 0 aliphatic heterocycles. The third-order valence-corrected chi connectivity index (χ3v) is 4.43. The van der Waals surface area contributed by atoms with Crippen LogP contribution in [-0.4, -0.2) is 16.0 Å². The van der Waals surface area contributed by atoms with Crippen molar-refractivity contribution in [2.45, 2.75) is 45.7 Å². The second kappa shape index (κ2) is 5.90. The maximum Gasteiger partial charge on any atom is 0.243 e. The molecule has 21 heavy (non-hydrogen) atoms. The lowest BCUT2D eigenvalue weighted by Crippen LogP contribution is -2.45. The van der Waals surface area contributed by atoms with Crippen LogP contribution in [0.25, 0.3) is 10.9 Å². The van der Waals surface area contributed by atoms with Crippen molar-refractivity contribution in [3.63, 3.8) is 0 Å². The summed E-state index contributed by atoms with van der Waals surface area (Å²) in [4.78, 5) is 12.4. The van der Waals surface area contributed by atoms with Gasteiger partial charge in [0.05, 0.1) is 10.5 Å². The second-order valence-electron chi connectivity index (χ2n) is 5.95. The van der Waals surface area contributed by atoms with Gasteiger partial charge in [-0.15, -0.1) is 0 Å². The van der Waals surface area contributed by atoms with Gasteiger partial charge in [-0.25, -0.2) is 0 Å². The molecule has 1 atom stereocenters. The number of benzene rings is 1. The van der Waals surface area contributed by atoms with Gasteiger partial charge in [0, 0.05) is 22.1 Å². The van der Waals surface area contributed by atoms with Crippen LogP contribution in [0.4, 0.5) is 0 Å². The lowest BCUT2D eigenvalue weighted by Gasteiger charge is -2.27. The summed E-state index contributed by atoms with van der Waals surface area (Å²) in [6.07, 6.45) is 2.74. The van der Waals surface area contributed by atoms with Crippen LogP contribution in [0.5, 0.6) is 0 Å². The van der Waals surface area contributed by atoms with Crippen molar-refractivity contribution < 1.29 is 4.79 Å². The highest BCUT2D eigenvalue weighted by Gasteiger charge is 2.23. The first-order chi connectivity index (χ1) is 9.75. The summed E-state index contributed by atoms with van der Waals surface area (Å²) in [6.45, 7) is 7.95. The number of amides is 1. The molecule has 1 amide bonds. The van der Waals surface area contributed by atoms with Crippen molar-refractivity contribution in [2.75, 3.05) is 0 Å². The van der Waals surface area contributed by atoms with Crippen LogP contribution >= 0.6 is 23.2 Å². The molecule has 5 heteroatoms. The maximum absolute atomic E-state index is 12.4. The van der Waals surface area contributed by atoms with Gasteiger partial charge in [0.2, 0.25) is 5.91 Å². The molecule has 0 spiro atoms. The molecule has 1 aromatic carbocycles. The lowest BCUT2D eigenvalue weighted by molar-refractivity contribution is -0.125. The zero-order chi connectivity index (χ0) is 15.8. The van der Waals surface area contributed by atoms with Crippen LogP contribution in [0.15, 0.2) is 24.4 Å². The monoisotopic (exact) mass is 326 g/mol. The van der Waals surface area contributed by atoms with E-state index in [0.717, 1.165) is 17.3 Å². The standard InChI is InChI=1S/C16H20Cl2N2O/c1-5-16(3,4)19-15(21)10(2)20-7-6-12-13(18)8-11(17)9-14(12)20/h6-10H,5H2,1-4H3,(H,19,21). The van der Waals surface area contributed by atoms with Crippen molar-refractivity contribution in [1.29, 1.82) is 0 Å². The predicted octanol–water partition coefficient (Wildman–Crippen LogP) is 4.81. The van der Waals surface area contributed by atoms with Crippen LogP contribution in [-0.2, 0) is 4.79 Å². The van der Waals surface area contributed by atoms with E-state index in [9.17, 15) is 4.79 Å². The Morgan fingerprint density at radius 1 is 1.38 bits per heavy atom. The Kier molecular flexibility index (Phi) is 4.54. The molecule has 1 aromatic heterocycles. The fraction of sp³-hybridized carbons (Fsp3) is 0.438. The van der Waals surface area contributed by atoms with E-state index in [4.69, 9.17) is 23.2 Å². The molecule has 114 valence electrons. The van der Waals surface area contributed by atoms with Crippen LogP contribution in [0, 0.1) is 0 Å². The van der Waals surface area contributed by atoms with Crippen molar-refractivity contribution in [2.24, 2.45) is 0 Å². The molecule has 0 fully saturated rings. The highest BCUT2D eigenvalue weighted by Crippen LogP contribution is 2.30. The molecular weight excluding hydrogens is 307 g/mol. The Balaban J connectivity index is 2.36. The maximum atomic E-state index is 12.4. The minimum atomic E-state index is -0.331. The number of carbonyl (C=O) groups excluding carboxylic acids is 1. The number of nitrogens with one attached hydrogen (secondary N) is 1. The van der Waals surface area contributed by atoms with Crippen molar-refractivity contribution in [3.8, 4) is 0 Å². The minimum Gasteiger partial charge on any atom is -0.349 e. The average molecular weight is 327 g/mol. The summed E-state index contributed by atoms with van der Waals surface area (Å²) in [7, 11) is 0. The number of hydrogen-bond donors (Lipinski definition) is 1. The lowest BCUT2D eigenvalue weighted by atomic mass is 10.0. The van der Waals surface area contributed by atoms with E-state index in [-0.39, 0.29) is 17.5 Å². The smallest absolute Gasteiger partial charge is 0.243 e. The summed E-state index contributed by atoms with van der Waals surface area (Å²) < 4.78 is 1.90. The molecule has 2 rings (SSSR count). The first kappa shape index (κ1) is 16.2. The average Bonchev–Trinajstić information content (AvgIpc) is 2.81. The summed E-state index contributed by atoms with van der Waals surface area (Å²) in [5, 5.41) is 5.12. The number of carbonyl (C=O) groups is 1. The third-order valence-electron chi connectivity index (χ3n) is 3.89. The van der Waals surface area contributed by atoms with E-state index in [1.807, 2.05) is 43.7 Å². The van der Waals surface area contributed by atoms with Gasteiger partial charge in [0.1, 0.15) is 6.04 Å². The van der Waals surface area contributed by atoms with E-state index in [0.29, 0.717) is 10.0 Å². The molecule has 1 N–H and O–H groups in total. The normalized spacial score (nSPS) is 13.4. The molecule has 2 aromatic rings. The van der Waals surface area contributed by atoms with Crippen LogP contribution in [0.2, 0.25) is 10.0 Å². The third kappa shape index (κ3) is 3.35. The summed E-state index contributed by atoms with van der Waals surface area (Å²) in [6, 6.07) is 5.11. The first-order valence-corrected chi connectivity index (χ1v) is 7.78. The van der Waals surface area contributed by atoms with Crippen molar-refractivity contribution >= 4 is 40.0 Å². The molecule has 3 nitrogen and oxygen atoms in total. The number of fused-ring (bicyclic) bond motifs is 1. The minimum absolute atomic E-state index is 0.0181. The second-order valence-corrected chi connectivity index (χ2v) is 6.79. The van der Waals surface area contributed by atoms with Gasteiger partial charge in [0.25, 0.3) is 0 Å². The van der Waals surface area contributed by atoms with Crippen LogP contribution < -0.4 is 5.32 Å². The molecule has 0 aliphatic carbocycles. The van der Waals surface area contributed by atoms with Crippen LogP contribution in [0.1, 0.15) is 40.2 Å². The Bertz CT molecular complexity index is 676. The number of halogens is 2. The fourth-order valence-electron chi connectivity index (χ4n) is 2.18. The Morgan fingerprint density at radius 2 is 2.05 bits per heavy atom. The number of rotatable bonds is 4. The Hall–Kier alpha value is -1.19. The molecule has 0 saturated carbocycles. The van der Waals surface area contributed by atoms with Gasteiger partial charge >= 0.3 is 0 Å². The zero-order valence-electron chi connectivity index (χ0n) is 12.7. The first-order valence-electron chi connectivity index (χ1n) is 7.03. The summed E-state index contributed by atoms with van der Waals surface area (Å²) in [5.41, 5.74) is 0.647. The highest BCUT2D eigenvalue weighted by atomic mass is 35.5. The molecule has 0 bridgehead atoms. The predicted molar refractivity (Wildman–Crippen MR) is 89.2 cm³/mol. The van der Waals surface area contributed by atoms with Crippen molar-refractivity contribution in [3.05, 3.63) is 34.4 Å². The number of aromatic nitrogens is 1. The summed E-state index contributed by atoms with van der Waals surface area (Å²) >= 11 is 12.3. The van der Waals surface area contributed by atoms with E-state index < -0.39 is 0 Å². The SMILES string of the molecule is CCC(C)(C)NC(=O)C(C)n1ccc2c(Cl)cc(Cl)cc21. The van der Waals surface area contributed by atoms with Gasteiger partial charge in [-0.3, -0.25) is 4.79 Å². The van der Waals surface area contributed by atoms with Crippen molar-refractivity contribution in [1.82, 2.24) is 9.88 Å². The topological polar surface area (TPSA) is 34.0 Å². The van der Waals surface area contributed by atoms with Gasteiger partial charge in [0.15, 0.2) is 0 Å². The van der Waals surface area contributed by atoms with E-state index in [1.54, 1.807) is 6.07 Å². The zero-order valence-corrected chi connectivity index (χ0v) is 14.2. The molecule has 0 aliphatic rings. The number of hydrogen-bond acceptors (Lipinski definition) is 1. The van der Waals surface area contributed by atoms with E-state index >= 15 is 0 Å². The fourth-order valence-corrected chi connectivity index (χ4v) is 2.72. The highest BCUT2D eigenvalue weighted by molar-refractivity contribution is 6.38. The largest absolute Gasteiger partial charge is 0.349 e. The molecular formula is C16H20Cl2N2O. The van der Waals surface area contributed by atoms with E-state index in [2.05, 4.69) is 12.2 Å². The van der Waals surface area contributed by atoms with Gasteiger partial charge in [-0.1, -0.05) is 30.1 Å². The van der Waals surface area contributed by atoms with Crippen LogP contribution in [0.3, 0.4) is 0 Å². The van der Waals surface area contributed by atoms with Gasteiger partial charge in [-0.2, -0.15) is 0 Å².